The van der Waals surface area contributed by atoms with Crippen LogP contribution in [0.15, 0.2) is 46.2 Å². The van der Waals surface area contributed by atoms with E-state index in [0.717, 1.165) is 30.0 Å². The van der Waals surface area contributed by atoms with Crippen LogP contribution in [0, 0.1) is 11.6 Å². The van der Waals surface area contributed by atoms with E-state index in [-0.39, 0.29) is 4.90 Å². The molecule has 0 bridgehead atoms. The number of rotatable bonds is 2. The number of para-hydroxylation sites is 1. The maximum atomic E-state index is 13.4. The van der Waals surface area contributed by atoms with Gasteiger partial charge in [0.25, 0.3) is 0 Å². The normalized spacial score (nSPS) is 10.5. The molecule has 0 aromatic heterocycles. The molecule has 0 aliphatic rings. The lowest BCUT2D eigenvalue weighted by Gasteiger charge is -2.07. The van der Waals surface area contributed by atoms with Gasteiger partial charge in [-0.05, 0) is 30.3 Å². The van der Waals surface area contributed by atoms with Crippen LogP contribution in [0.2, 0.25) is 5.02 Å². The van der Waals surface area contributed by atoms with Crippen molar-refractivity contribution in [1.29, 1.82) is 0 Å². The minimum Gasteiger partial charge on any atom is -0.397 e. The molecule has 0 spiro atoms. The molecule has 1 nitrogen and oxygen atoms in total. The number of anilines is 1. The van der Waals surface area contributed by atoms with Crippen molar-refractivity contribution in [3.8, 4) is 0 Å². The van der Waals surface area contributed by atoms with E-state index in [4.69, 9.17) is 17.3 Å². The molecule has 88 valence electrons. The highest BCUT2D eigenvalue weighted by atomic mass is 35.5. The lowest BCUT2D eigenvalue weighted by atomic mass is 10.3. The predicted molar refractivity (Wildman–Crippen MR) is 66.3 cm³/mol. The van der Waals surface area contributed by atoms with Crippen molar-refractivity contribution >= 4 is 29.1 Å². The van der Waals surface area contributed by atoms with Gasteiger partial charge in [-0.1, -0.05) is 29.4 Å². The van der Waals surface area contributed by atoms with Crippen molar-refractivity contribution in [3.05, 3.63) is 53.1 Å². The zero-order valence-corrected chi connectivity index (χ0v) is 10.2. The molecule has 0 amide bonds. The van der Waals surface area contributed by atoms with E-state index >= 15 is 0 Å². The average molecular weight is 272 g/mol. The number of halogens is 3. The standard InChI is InChI=1S/C12H8ClF2NS/c13-8-2-1-3-10(12(8)16)17-11-6-7(14)4-5-9(11)15/h1-6H,16H2. The van der Waals surface area contributed by atoms with Gasteiger partial charge in [-0.2, -0.15) is 0 Å². The number of benzene rings is 2. The van der Waals surface area contributed by atoms with Crippen molar-refractivity contribution in [1.82, 2.24) is 0 Å². The number of nitrogen functional groups attached to an aromatic ring is 1. The van der Waals surface area contributed by atoms with E-state index in [2.05, 4.69) is 0 Å². The van der Waals surface area contributed by atoms with E-state index in [1.807, 2.05) is 0 Å². The van der Waals surface area contributed by atoms with Crippen LogP contribution in [-0.2, 0) is 0 Å². The van der Waals surface area contributed by atoms with Crippen molar-refractivity contribution in [2.24, 2.45) is 0 Å². The molecule has 0 aliphatic heterocycles. The topological polar surface area (TPSA) is 26.0 Å². The highest BCUT2D eigenvalue weighted by Gasteiger charge is 2.09. The molecule has 0 atom stereocenters. The molecule has 2 rings (SSSR count). The van der Waals surface area contributed by atoms with Gasteiger partial charge in [0.2, 0.25) is 0 Å². The first-order valence-corrected chi connectivity index (χ1v) is 5.94. The van der Waals surface area contributed by atoms with Crippen LogP contribution in [0.4, 0.5) is 14.5 Å². The van der Waals surface area contributed by atoms with Crippen molar-refractivity contribution in [2.75, 3.05) is 5.73 Å². The first-order chi connectivity index (χ1) is 8.08. The van der Waals surface area contributed by atoms with Crippen molar-refractivity contribution in [2.45, 2.75) is 9.79 Å². The zero-order chi connectivity index (χ0) is 12.4. The second-order valence-corrected chi connectivity index (χ2v) is 4.82. The fourth-order valence-corrected chi connectivity index (χ4v) is 2.45. The zero-order valence-electron chi connectivity index (χ0n) is 8.58. The van der Waals surface area contributed by atoms with Crippen LogP contribution in [0.1, 0.15) is 0 Å². The molecule has 0 saturated heterocycles. The summed E-state index contributed by atoms with van der Waals surface area (Å²) in [4.78, 5) is 0.779. The maximum Gasteiger partial charge on any atom is 0.137 e. The molecule has 0 unspecified atom stereocenters. The second kappa shape index (κ2) is 4.94. The summed E-state index contributed by atoms with van der Waals surface area (Å²) in [5, 5.41) is 0.395. The Morgan fingerprint density at radius 2 is 1.82 bits per heavy atom. The Hall–Kier alpha value is -1.26. The van der Waals surface area contributed by atoms with Crippen LogP contribution in [0.3, 0.4) is 0 Å². The van der Waals surface area contributed by atoms with E-state index in [1.54, 1.807) is 18.2 Å². The molecule has 0 fully saturated rings. The van der Waals surface area contributed by atoms with Gasteiger partial charge in [0.15, 0.2) is 0 Å². The first-order valence-electron chi connectivity index (χ1n) is 4.75. The van der Waals surface area contributed by atoms with Gasteiger partial charge in [0, 0.05) is 4.90 Å². The van der Waals surface area contributed by atoms with Crippen molar-refractivity contribution < 1.29 is 8.78 Å². The fourth-order valence-electron chi connectivity index (χ4n) is 1.28. The minimum atomic E-state index is -0.491. The summed E-state index contributed by atoms with van der Waals surface area (Å²) in [6, 6.07) is 8.33. The molecule has 2 aromatic carbocycles. The van der Waals surface area contributed by atoms with Gasteiger partial charge < -0.3 is 5.73 Å². The van der Waals surface area contributed by atoms with E-state index < -0.39 is 11.6 Å². The Balaban J connectivity index is 2.38. The van der Waals surface area contributed by atoms with Gasteiger partial charge in [0.05, 0.1) is 15.6 Å². The first kappa shape index (κ1) is 12.2. The molecule has 0 heterocycles. The highest BCUT2D eigenvalue weighted by molar-refractivity contribution is 7.99. The third-order valence-electron chi connectivity index (χ3n) is 2.13. The molecule has 0 saturated carbocycles. The summed E-state index contributed by atoms with van der Waals surface area (Å²) in [5.74, 6) is -0.981. The van der Waals surface area contributed by atoms with Gasteiger partial charge in [-0.15, -0.1) is 0 Å². The third kappa shape index (κ3) is 2.70. The average Bonchev–Trinajstić information content (AvgIpc) is 2.30. The Kier molecular flexibility index (Phi) is 3.54. The monoisotopic (exact) mass is 271 g/mol. The molecule has 17 heavy (non-hydrogen) atoms. The fraction of sp³-hybridized carbons (Fsp3) is 0. The molecule has 0 radical (unpaired) electrons. The Morgan fingerprint density at radius 1 is 1.06 bits per heavy atom. The van der Waals surface area contributed by atoms with Gasteiger partial charge in [-0.25, -0.2) is 8.78 Å². The predicted octanol–water partition coefficient (Wildman–Crippen LogP) is 4.35. The molecular weight excluding hydrogens is 264 g/mol. The lowest BCUT2D eigenvalue weighted by Crippen LogP contribution is -1.90. The third-order valence-corrected chi connectivity index (χ3v) is 3.56. The minimum absolute atomic E-state index is 0.180. The van der Waals surface area contributed by atoms with Crippen molar-refractivity contribution in [3.63, 3.8) is 0 Å². The summed E-state index contributed by atoms with van der Waals surface area (Å²) in [6.07, 6.45) is 0. The number of hydrogen-bond donors (Lipinski definition) is 1. The van der Waals surface area contributed by atoms with E-state index in [9.17, 15) is 8.78 Å². The summed E-state index contributed by atoms with van der Waals surface area (Å²) >= 11 is 6.89. The Morgan fingerprint density at radius 3 is 2.59 bits per heavy atom. The van der Waals surface area contributed by atoms with Crippen LogP contribution in [-0.4, -0.2) is 0 Å². The quantitative estimate of drug-likeness (QED) is 0.822. The van der Waals surface area contributed by atoms with Crippen LogP contribution in [0.5, 0.6) is 0 Å². The Bertz CT molecular complexity index is 560. The van der Waals surface area contributed by atoms with Crippen LogP contribution < -0.4 is 5.73 Å². The van der Waals surface area contributed by atoms with E-state index in [0.29, 0.717) is 15.6 Å². The van der Waals surface area contributed by atoms with Gasteiger partial charge >= 0.3 is 0 Å². The molecule has 0 aliphatic carbocycles. The number of nitrogens with two attached hydrogens (primary N) is 1. The Labute approximate surface area is 107 Å². The van der Waals surface area contributed by atoms with Crippen LogP contribution >= 0.6 is 23.4 Å². The summed E-state index contributed by atoms with van der Waals surface area (Å²) in [7, 11) is 0. The number of hydrogen-bond acceptors (Lipinski definition) is 2. The SMILES string of the molecule is Nc1c(Cl)cccc1Sc1cc(F)ccc1F. The molecule has 2 aromatic rings. The summed E-state index contributed by atoms with van der Waals surface area (Å²) in [6.45, 7) is 0. The largest absolute Gasteiger partial charge is 0.397 e. The molecule has 2 N–H and O–H groups in total. The lowest BCUT2D eigenvalue weighted by molar-refractivity contribution is 0.577. The second-order valence-electron chi connectivity index (χ2n) is 3.33. The molecular formula is C12H8ClF2NS. The summed E-state index contributed by atoms with van der Waals surface area (Å²) in [5.41, 5.74) is 6.11. The van der Waals surface area contributed by atoms with Gasteiger partial charge in [0.1, 0.15) is 11.6 Å². The highest BCUT2D eigenvalue weighted by Crippen LogP contribution is 2.36. The van der Waals surface area contributed by atoms with E-state index in [1.165, 1.54) is 0 Å². The summed E-state index contributed by atoms with van der Waals surface area (Å²) < 4.78 is 26.4. The maximum absolute atomic E-state index is 13.4. The van der Waals surface area contributed by atoms with Crippen LogP contribution in [0.25, 0.3) is 0 Å². The van der Waals surface area contributed by atoms with Gasteiger partial charge in [-0.3, -0.25) is 0 Å². The molecule has 5 heteroatoms. The smallest absolute Gasteiger partial charge is 0.137 e.